The van der Waals surface area contributed by atoms with E-state index < -0.39 is 29.7 Å². The summed E-state index contributed by atoms with van der Waals surface area (Å²) in [5.41, 5.74) is 4.94. The Hall–Kier alpha value is -5.62. The number of fused-ring (bicyclic) bond motifs is 1. The van der Waals surface area contributed by atoms with Crippen molar-refractivity contribution in [2.24, 2.45) is 10.8 Å². The van der Waals surface area contributed by atoms with Crippen molar-refractivity contribution in [3.8, 4) is 11.8 Å². The van der Waals surface area contributed by atoms with E-state index in [4.69, 9.17) is 9.47 Å². The number of hydrogen-bond acceptors (Lipinski definition) is 11. The highest BCUT2D eigenvalue weighted by Gasteiger charge is 2.64. The van der Waals surface area contributed by atoms with Crippen molar-refractivity contribution in [3.05, 3.63) is 93.5 Å². The predicted molar refractivity (Wildman–Crippen MR) is 227 cm³/mol. The Labute approximate surface area is 357 Å². The fourth-order valence-electron chi connectivity index (χ4n) is 10.5. The third-order valence-electron chi connectivity index (χ3n) is 13.6. The van der Waals surface area contributed by atoms with E-state index >= 15 is 0 Å². The number of nitrogens with zero attached hydrogens (tertiary/aromatic N) is 5. The minimum atomic E-state index is -0.989. The highest BCUT2D eigenvalue weighted by molar-refractivity contribution is 6.23. The van der Waals surface area contributed by atoms with Gasteiger partial charge in [-0.05, 0) is 79.4 Å². The summed E-state index contributed by atoms with van der Waals surface area (Å²) >= 11 is 0. The molecular formula is C47H55N7O7. The van der Waals surface area contributed by atoms with Crippen LogP contribution in [0.15, 0.2) is 54.6 Å². The number of anilines is 1. The molecule has 0 bridgehead atoms. The van der Waals surface area contributed by atoms with Crippen LogP contribution in [0.2, 0.25) is 0 Å². The van der Waals surface area contributed by atoms with Crippen LogP contribution in [0.5, 0.6) is 5.75 Å². The van der Waals surface area contributed by atoms with Gasteiger partial charge >= 0.3 is 0 Å². The molecule has 1 aliphatic carbocycles. The normalized spacial score (nSPS) is 25.1. The van der Waals surface area contributed by atoms with Gasteiger partial charge in [-0.1, -0.05) is 39.8 Å². The third-order valence-corrected chi connectivity index (χ3v) is 13.6. The topological polar surface area (TPSA) is 165 Å². The number of imide groups is 2. The predicted octanol–water partition coefficient (Wildman–Crippen LogP) is 4.21. The molecule has 3 saturated heterocycles. The number of piperidine rings is 1. The van der Waals surface area contributed by atoms with E-state index in [-0.39, 0.29) is 58.9 Å². The largest absolute Gasteiger partial charge is 0.489 e. The molecule has 2 atom stereocenters. The number of ether oxygens (including phenoxy) is 2. The van der Waals surface area contributed by atoms with Crippen LogP contribution >= 0.6 is 0 Å². The standard InChI is InChI=1S/C47H55N7O7/c1-28-21-34(22-29(2)37(28)24-48)61-45-46(3,4)44(47(45,5)6)50-40(56)31-9-7-30(8-10-31)25-53-19-20-60-27-33(53)26-51-15-17-52(18-16-51)32-11-12-35-36(23-32)43(59)54(42(35)58)38-13-14-39(55)49-41(38)57/h7-12,21-23,33,38,44-45H,13-20,25-27H2,1-6H3,(H,50,56)(H,49,55,57)/t33-,38?,44?,45?/m1/s1. The number of morpholine rings is 1. The lowest BCUT2D eigenvalue weighted by atomic mass is 9.49. The van der Waals surface area contributed by atoms with Crippen LogP contribution < -0.4 is 20.3 Å². The molecule has 3 aromatic carbocycles. The molecule has 61 heavy (non-hydrogen) atoms. The molecule has 8 rings (SSSR count). The van der Waals surface area contributed by atoms with Crippen LogP contribution in [0.3, 0.4) is 0 Å². The maximum absolute atomic E-state index is 13.6. The maximum Gasteiger partial charge on any atom is 0.262 e. The third kappa shape index (κ3) is 7.91. The molecule has 14 heteroatoms. The Kier molecular flexibility index (Phi) is 11.3. The summed E-state index contributed by atoms with van der Waals surface area (Å²) in [4.78, 5) is 72.5. The van der Waals surface area contributed by atoms with Gasteiger partial charge in [-0.2, -0.15) is 5.26 Å². The molecule has 0 radical (unpaired) electrons. The van der Waals surface area contributed by atoms with Crippen molar-refractivity contribution < 1.29 is 33.4 Å². The van der Waals surface area contributed by atoms with Gasteiger partial charge in [0.2, 0.25) is 11.8 Å². The van der Waals surface area contributed by atoms with Gasteiger partial charge in [-0.25, -0.2) is 0 Å². The molecule has 4 heterocycles. The van der Waals surface area contributed by atoms with Gasteiger partial charge in [-0.15, -0.1) is 0 Å². The number of carbonyl (C=O) groups is 5. The second-order valence-electron chi connectivity index (χ2n) is 18.5. The van der Waals surface area contributed by atoms with E-state index in [2.05, 4.69) is 59.1 Å². The first-order valence-corrected chi connectivity index (χ1v) is 21.3. The van der Waals surface area contributed by atoms with E-state index in [1.54, 1.807) is 12.1 Å². The summed E-state index contributed by atoms with van der Waals surface area (Å²) < 4.78 is 12.5. The molecular weight excluding hydrogens is 775 g/mol. The number of nitrogens with one attached hydrogen (secondary N) is 2. The molecule has 1 unspecified atom stereocenters. The van der Waals surface area contributed by atoms with Crippen molar-refractivity contribution in [2.75, 3.05) is 57.4 Å². The highest BCUT2D eigenvalue weighted by atomic mass is 16.5. The van der Waals surface area contributed by atoms with Crippen molar-refractivity contribution in [1.82, 2.24) is 25.3 Å². The number of aryl methyl sites for hydroxylation is 2. The number of hydrogen-bond donors (Lipinski definition) is 2. The maximum atomic E-state index is 13.6. The summed E-state index contributed by atoms with van der Waals surface area (Å²) in [5.74, 6) is -1.40. The Morgan fingerprint density at radius 2 is 1.57 bits per heavy atom. The second kappa shape index (κ2) is 16.3. The minimum Gasteiger partial charge on any atom is -0.489 e. The molecule has 0 spiro atoms. The Morgan fingerprint density at radius 3 is 2.23 bits per heavy atom. The molecule has 2 N–H and O–H groups in total. The lowest BCUT2D eigenvalue weighted by Gasteiger charge is -2.63. The first-order chi connectivity index (χ1) is 29.1. The zero-order valence-electron chi connectivity index (χ0n) is 35.9. The van der Waals surface area contributed by atoms with Gasteiger partial charge in [0, 0.05) is 86.4 Å². The highest BCUT2D eigenvalue weighted by Crippen LogP contribution is 2.55. The number of amides is 5. The molecule has 14 nitrogen and oxygen atoms in total. The molecule has 5 amide bonds. The summed E-state index contributed by atoms with van der Waals surface area (Å²) in [5, 5.41) is 15.1. The van der Waals surface area contributed by atoms with Gasteiger partial charge < -0.3 is 19.7 Å². The van der Waals surface area contributed by atoms with E-state index in [0.29, 0.717) is 24.3 Å². The fraction of sp³-hybridized carbons (Fsp3) is 0.489. The number of benzene rings is 3. The van der Waals surface area contributed by atoms with Gasteiger partial charge in [-0.3, -0.25) is 44.0 Å². The summed E-state index contributed by atoms with van der Waals surface area (Å²) in [6.07, 6.45) is 0.0627. The smallest absolute Gasteiger partial charge is 0.262 e. The average molecular weight is 830 g/mol. The Bertz CT molecular complexity index is 2270. The molecule has 4 aliphatic heterocycles. The number of nitriles is 1. The van der Waals surface area contributed by atoms with Gasteiger partial charge in [0.1, 0.15) is 17.9 Å². The van der Waals surface area contributed by atoms with E-state index in [1.165, 1.54) is 0 Å². The molecule has 320 valence electrons. The van der Waals surface area contributed by atoms with Crippen LogP contribution in [0.25, 0.3) is 0 Å². The lowest BCUT2D eigenvalue weighted by Crippen LogP contribution is -2.74. The summed E-state index contributed by atoms with van der Waals surface area (Å²) in [7, 11) is 0. The van der Waals surface area contributed by atoms with E-state index in [1.807, 2.05) is 56.3 Å². The minimum absolute atomic E-state index is 0.0812. The van der Waals surface area contributed by atoms with Gasteiger partial charge in [0.25, 0.3) is 17.7 Å². The number of carbonyl (C=O) groups excluding carboxylic acids is 5. The SMILES string of the molecule is Cc1cc(OC2C(C)(C)C(NC(=O)c3ccc(CN4CCOC[C@H]4CN4CCN(c5ccc6c(c5)C(=O)N(C5CCC(=O)NC5=O)C6=O)CC4)cc3)C2(C)C)cc(C)c1C#N. The molecule has 3 aromatic rings. The van der Waals surface area contributed by atoms with Crippen molar-refractivity contribution in [1.29, 1.82) is 5.26 Å². The molecule has 5 aliphatic rings. The molecule has 0 aromatic heterocycles. The number of piperazine rings is 1. The fourth-order valence-corrected chi connectivity index (χ4v) is 10.5. The van der Waals surface area contributed by atoms with Crippen LogP contribution in [0.1, 0.15) is 93.9 Å². The Morgan fingerprint density at radius 1 is 0.902 bits per heavy atom. The average Bonchev–Trinajstić information content (AvgIpc) is 3.47. The first-order valence-electron chi connectivity index (χ1n) is 21.3. The van der Waals surface area contributed by atoms with Crippen LogP contribution in [-0.2, 0) is 20.9 Å². The van der Waals surface area contributed by atoms with E-state index in [0.717, 1.165) is 78.8 Å². The zero-order chi connectivity index (χ0) is 43.4. The van der Waals surface area contributed by atoms with E-state index in [9.17, 15) is 29.2 Å². The van der Waals surface area contributed by atoms with Crippen LogP contribution in [0.4, 0.5) is 5.69 Å². The van der Waals surface area contributed by atoms with Crippen molar-refractivity contribution in [2.45, 2.75) is 85.2 Å². The monoisotopic (exact) mass is 829 g/mol. The zero-order valence-corrected chi connectivity index (χ0v) is 35.9. The molecule has 1 saturated carbocycles. The molecule has 4 fully saturated rings. The second-order valence-corrected chi connectivity index (χ2v) is 18.5. The Balaban J connectivity index is 0.835. The van der Waals surface area contributed by atoms with Crippen LogP contribution in [0, 0.1) is 36.0 Å². The van der Waals surface area contributed by atoms with Gasteiger partial charge in [0.05, 0.1) is 36.0 Å². The summed E-state index contributed by atoms with van der Waals surface area (Å²) in [6, 6.07) is 18.4. The first kappa shape index (κ1) is 42.1. The van der Waals surface area contributed by atoms with Crippen LogP contribution in [-0.4, -0.2) is 121 Å². The summed E-state index contributed by atoms with van der Waals surface area (Å²) in [6.45, 7) is 19.2. The number of rotatable bonds is 10. The van der Waals surface area contributed by atoms with Crippen molar-refractivity contribution in [3.63, 3.8) is 0 Å². The van der Waals surface area contributed by atoms with Crippen molar-refractivity contribution >= 4 is 35.2 Å². The van der Waals surface area contributed by atoms with Gasteiger partial charge in [0.15, 0.2) is 0 Å². The quantitative estimate of drug-likeness (QED) is 0.282. The lowest BCUT2D eigenvalue weighted by molar-refractivity contribution is -0.164.